The van der Waals surface area contributed by atoms with Crippen LogP contribution in [0.4, 0.5) is 5.82 Å². The molecule has 2 N–H and O–H groups in total. The minimum Gasteiger partial charge on any atom is -0.384 e. The largest absolute Gasteiger partial charge is 0.384 e. The van der Waals surface area contributed by atoms with Crippen molar-refractivity contribution in [3.05, 3.63) is 73.1 Å². The minimum absolute atomic E-state index is 0.522. The maximum Gasteiger partial charge on any atom is 0.123 e. The van der Waals surface area contributed by atoms with E-state index >= 15 is 0 Å². The van der Waals surface area contributed by atoms with Gasteiger partial charge in [0.2, 0.25) is 0 Å². The molecule has 0 aliphatic carbocycles. The first-order chi connectivity index (χ1) is 10.8. The second-order valence-corrected chi connectivity index (χ2v) is 5.13. The number of anilines is 1. The Morgan fingerprint density at radius 1 is 0.864 bits per heavy atom. The summed E-state index contributed by atoms with van der Waals surface area (Å²) in [5.74, 6) is 0.522. The summed E-state index contributed by atoms with van der Waals surface area (Å²) in [7, 11) is 0. The van der Waals surface area contributed by atoms with Gasteiger partial charge >= 0.3 is 0 Å². The molecular formula is C18H14N4. The highest BCUT2D eigenvalue weighted by molar-refractivity contribution is 5.85. The Bertz CT molecular complexity index is 942. The van der Waals surface area contributed by atoms with Gasteiger partial charge in [-0.3, -0.25) is 0 Å². The van der Waals surface area contributed by atoms with E-state index in [2.05, 4.69) is 28.3 Å². The van der Waals surface area contributed by atoms with E-state index in [0.717, 1.165) is 27.7 Å². The zero-order valence-corrected chi connectivity index (χ0v) is 11.8. The van der Waals surface area contributed by atoms with Gasteiger partial charge in [-0.15, -0.1) is 0 Å². The second-order valence-electron chi connectivity index (χ2n) is 5.13. The number of pyridine rings is 1. The Labute approximate surface area is 127 Å². The molecule has 0 atom stereocenters. The van der Waals surface area contributed by atoms with Crippen LogP contribution in [-0.2, 0) is 0 Å². The highest BCUT2D eigenvalue weighted by Gasteiger charge is 2.07. The first-order valence-corrected chi connectivity index (χ1v) is 7.06. The highest BCUT2D eigenvalue weighted by Crippen LogP contribution is 2.26. The Morgan fingerprint density at radius 3 is 2.50 bits per heavy atom. The lowest BCUT2D eigenvalue weighted by molar-refractivity contribution is 0.911. The van der Waals surface area contributed by atoms with Gasteiger partial charge in [0.15, 0.2) is 0 Å². The molecule has 2 aromatic carbocycles. The predicted octanol–water partition coefficient (Wildman–Crippen LogP) is 3.67. The summed E-state index contributed by atoms with van der Waals surface area (Å²) in [5, 5.41) is 5.60. The van der Waals surface area contributed by atoms with E-state index in [1.807, 2.05) is 53.3 Å². The number of nitrogens with two attached hydrogens (primary N) is 1. The summed E-state index contributed by atoms with van der Waals surface area (Å²) in [4.78, 5) is 4.04. The number of benzene rings is 2. The van der Waals surface area contributed by atoms with Crippen LogP contribution in [0.1, 0.15) is 0 Å². The molecule has 0 aliphatic heterocycles. The van der Waals surface area contributed by atoms with Crippen molar-refractivity contribution in [3.63, 3.8) is 0 Å². The average molecular weight is 286 g/mol. The molecule has 106 valence electrons. The van der Waals surface area contributed by atoms with E-state index < -0.39 is 0 Å². The van der Waals surface area contributed by atoms with Gasteiger partial charge in [0.05, 0.1) is 17.4 Å². The number of para-hydroxylation sites is 1. The fourth-order valence-corrected chi connectivity index (χ4v) is 2.60. The molecule has 4 nitrogen and oxygen atoms in total. The summed E-state index contributed by atoms with van der Waals surface area (Å²) in [6, 6.07) is 20.2. The lowest BCUT2D eigenvalue weighted by Gasteiger charge is -2.06. The van der Waals surface area contributed by atoms with Crippen molar-refractivity contribution in [3.8, 4) is 16.8 Å². The summed E-state index contributed by atoms with van der Waals surface area (Å²) in [5.41, 5.74) is 10.0. The van der Waals surface area contributed by atoms with Crippen molar-refractivity contribution in [1.82, 2.24) is 14.8 Å². The monoisotopic (exact) mass is 286 g/mol. The molecule has 0 spiro atoms. The number of nitrogen functional groups attached to an aromatic ring is 1. The molecule has 2 aromatic heterocycles. The Kier molecular flexibility index (Phi) is 2.86. The zero-order valence-electron chi connectivity index (χ0n) is 11.8. The Hall–Kier alpha value is -3.14. The van der Waals surface area contributed by atoms with Crippen LogP contribution >= 0.6 is 0 Å². The molecule has 2 heterocycles. The number of rotatable bonds is 2. The minimum atomic E-state index is 0.522. The molecule has 0 fully saturated rings. The molecule has 0 saturated carbocycles. The zero-order chi connectivity index (χ0) is 14.9. The van der Waals surface area contributed by atoms with Crippen LogP contribution in [0.5, 0.6) is 0 Å². The van der Waals surface area contributed by atoms with Gasteiger partial charge in [-0.25, -0.2) is 9.67 Å². The maximum absolute atomic E-state index is 5.78. The quantitative estimate of drug-likeness (QED) is 0.611. The van der Waals surface area contributed by atoms with Crippen LogP contribution in [0.2, 0.25) is 0 Å². The molecule has 0 radical (unpaired) electrons. The van der Waals surface area contributed by atoms with Gasteiger partial charge in [-0.1, -0.05) is 30.3 Å². The van der Waals surface area contributed by atoms with Crippen LogP contribution in [0.3, 0.4) is 0 Å². The molecule has 4 heteroatoms. The lowest BCUT2D eigenvalue weighted by atomic mass is 10.1. The average Bonchev–Trinajstić information content (AvgIpc) is 2.99. The maximum atomic E-state index is 5.78. The van der Waals surface area contributed by atoms with Crippen molar-refractivity contribution in [2.24, 2.45) is 0 Å². The molecule has 0 unspecified atom stereocenters. The van der Waals surface area contributed by atoms with E-state index in [1.54, 1.807) is 6.20 Å². The van der Waals surface area contributed by atoms with Crippen molar-refractivity contribution < 1.29 is 0 Å². The van der Waals surface area contributed by atoms with Gasteiger partial charge < -0.3 is 5.73 Å². The normalized spacial score (nSPS) is 10.9. The van der Waals surface area contributed by atoms with E-state index in [4.69, 9.17) is 5.73 Å². The first kappa shape index (κ1) is 12.6. The lowest BCUT2D eigenvalue weighted by Crippen LogP contribution is -1.95. The summed E-state index contributed by atoms with van der Waals surface area (Å²) < 4.78 is 1.95. The SMILES string of the molecule is Nc1cc(-c2ccc3cnn(-c4ccccc4)c3c2)ccn1. The number of hydrogen-bond donors (Lipinski definition) is 1. The molecule has 4 rings (SSSR count). The van der Waals surface area contributed by atoms with Crippen molar-refractivity contribution >= 4 is 16.7 Å². The number of fused-ring (bicyclic) bond motifs is 1. The molecule has 22 heavy (non-hydrogen) atoms. The van der Waals surface area contributed by atoms with Gasteiger partial charge in [-0.2, -0.15) is 5.10 Å². The summed E-state index contributed by atoms with van der Waals surface area (Å²) >= 11 is 0. The van der Waals surface area contributed by atoms with Crippen molar-refractivity contribution in [2.75, 3.05) is 5.73 Å². The molecule has 0 aliphatic rings. The molecule has 0 bridgehead atoms. The van der Waals surface area contributed by atoms with E-state index in [1.165, 1.54) is 0 Å². The van der Waals surface area contributed by atoms with Gasteiger partial charge in [-0.05, 0) is 41.5 Å². The molecule has 4 aromatic rings. The number of nitrogens with zero attached hydrogens (tertiary/aromatic N) is 3. The van der Waals surface area contributed by atoms with E-state index in [9.17, 15) is 0 Å². The summed E-state index contributed by atoms with van der Waals surface area (Å²) in [6.45, 7) is 0. The van der Waals surface area contributed by atoms with Gasteiger partial charge in [0.25, 0.3) is 0 Å². The molecular weight excluding hydrogens is 272 g/mol. The highest BCUT2D eigenvalue weighted by atomic mass is 15.3. The van der Waals surface area contributed by atoms with Crippen LogP contribution in [0.25, 0.3) is 27.7 Å². The Balaban J connectivity index is 1.90. The van der Waals surface area contributed by atoms with Crippen LogP contribution in [0, 0.1) is 0 Å². The molecule has 0 saturated heterocycles. The first-order valence-electron chi connectivity index (χ1n) is 7.06. The van der Waals surface area contributed by atoms with Gasteiger partial charge in [0, 0.05) is 11.6 Å². The van der Waals surface area contributed by atoms with Crippen molar-refractivity contribution in [1.29, 1.82) is 0 Å². The molecule has 0 amide bonds. The second kappa shape index (κ2) is 5.00. The number of hydrogen-bond acceptors (Lipinski definition) is 3. The van der Waals surface area contributed by atoms with Crippen LogP contribution < -0.4 is 5.73 Å². The number of aromatic nitrogens is 3. The predicted molar refractivity (Wildman–Crippen MR) is 88.7 cm³/mol. The Morgan fingerprint density at radius 2 is 1.68 bits per heavy atom. The van der Waals surface area contributed by atoms with Crippen LogP contribution in [0.15, 0.2) is 73.1 Å². The van der Waals surface area contributed by atoms with E-state index in [0.29, 0.717) is 5.82 Å². The van der Waals surface area contributed by atoms with E-state index in [-0.39, 0.29) is 0 Å². The van der Waals surface area contributed by atoms with Crippen LogP contribution in [-0.4, -0.2) is 14.8 Å². The fourth-order valence-electron chi connectivity index (χ4n) is 2.60. The van der Waals surface area contributed by atoms with Gasteiger partial charge in [0.1, 0.15) is 5.82 Å². The van der Waals surface area contributed by atoms with Crippen molar-refractivity contribution in [2.45, 2.75) is 0 Å². The topological polar surface area (TPSA) is 56.7 Å². The third-order valence-electron chi connectivity index (χ3n) is 3.69. The summed E-state index contributed by atoms with van der Waals surface area (Å²) in [6.07, 6.45) is 3.61. The standard InChI is InChI=1S/C18H14N4/c19-18-11-14(8-9-20-18)13-6-7-15-12-21-22(17(15)10-13)16-4-2-1-3-5-16/h1-12H,(H2,19,20). The fraction of sp³-hybridized carbons (Fsp3) is 0. The third-order valence-corrected chi connectivity index (χ3v) is 3.69. The third kappa shape index (κ3) is 2.11. The smallest absolute Gasteiger partial charge is 0.123 e.